The van der Waals surface area contributed by atoms with Crippen LogP contribution in [0, 0.1) is 0 Å². The number of hydrogen-bond donors (Lipinski definition) is 0. The molecule has 1 heteroatoms. The summed E-state index contributed by atoms with van der Waals surface area (Å²) in [5, 5.41) is 0. The van der Waals surface area contributed by atoms with Gasteiger partial charge in [0.05, 0.1) is 0 Å². The van der Waals surface area contributed by atoms with Crippen LogP contribution >= 0.6 is 0 Å². The maximum atomic E-state index is 2.36. The second kappa shape index (κ2) is 3.06. The Hall–Kier alpha value is -0.0651. The van der Waals surface area contributed by atoms with Gasteiger partial charge in [-0.1, -0.05) is 0 Å². The van der Waals surface area contributed by atoms with E-state index >= 15 is 0 Å². The summed E-state index contributed by atoms with van der Waals surface area (Å²) in [5.74, 6) is 3.22. The Labute approximate surface area is 52.2 Å². The molecule has 1 heterocycles. The van der Waals surface area contributed by atoms with Gasteiger partial charge in [0, 0.05) is 0 Å². The van der Waals surface area contributed by atoms with E-state index in [0.29, 0.717) is 0 Å². The van der Waals surface area contributed by atoms with Crippen molar-refractivity contribution in [2.75, 3.05) is 0 Å². The Morgan fingerprint density at radius 1 is 1.75 bits per heavy atom. The molecule has 0 bridgehead atoms. The summed E-state index contributed by atoms with van der Waals surface area (Å²) in [6, 6.07) is 0. The minimum absolute atomic E-state index is 0.906. The van der Waals surface area contributed by atoms with Gasteiger partial charge >= 0.3 is 51.3 Å². The van der Waals surface area contributed by atoms with Gasteiger partial charge in [0.25, 0.3) is 0 Å². The Kier molecular flexibility index (Phi) is 2.32. The molecular weight excluding hydrogens is 94.9 g/mol. The van der Waals surface area contributed by atoms with Crippen molar-refractivity contribution in [3.8, 4) is 0 Å². The molecule has 8 heavy (non-hydrogen) atoms. The second-order valence-corrected chi connectivity index (χ2v) is 2.53. The van der Waals surface area contributed by atoms with Gasteiger partial charge in [0.2, 0.25) is 0 Å². The zero-order chi connectivity index (χ0) is 5.82. The molecule has 44 valence electrons. The van der Waals surface area contributed by atoms with E-state index in [1.54, 1.807) is 0 Å². The predicted molar refractivity (Wildman–Crippen MR) is 39.7 cm³/mol. The van der Waals surface area contributed by atoms with Crippen LogP contribution in [0.3, 0.4) is 0 Å². The molecule has 0 aromatic heterocycles. The van der Waals surface area contributed by atoms with Crippen LogP contribution in [0.2, 0.25) is 5.82 Å². The van der Waals surface area contributed by atoms with Gasteiger partial charge in [-0.15, -0.1) is 0 Å². The number of rotatable bonds is 1. The van der Waals surface area contributed by atoms with E-state index in [0.717, 1.165) is 5.82 Å². The van der Waals surface area contributed by atoms with Gasteiger partial charge < -0.3 is 0 Å². The fraction of sp³-hybridized carbons (Fsp3) is 0.857. The summed E-state index contributed by atoms with van der Waals surface area (Å²) in [6.45, 7) is 4.63. The maximum absolute atomic E-state index is 2.36. The molecule has 1 aliphatic rings. The third kappa shape index (κ3) is 1.46. The average molecular weight is 108 g/mol. The molecule has 0 fully saturated rings. The molecule has 0 amide bonds. The zero-order valence-corrected chi connectivity index (χ0v) is 5.56. The molecule has 0 N–H and O–H groups in total. The molecule has 0 aromatic rings. The molecule has 0 spiro atoms. The van der Waals surface area contributed by atoms with Crippen LogP contribution < -0.4 is 0 Å². The van der Waals surface area contributed by atoms with E-state index in [2.05, 4.69) is 19.8 Å². The van der Waals surface area contributed by atoms with Crippen LogP contribution in [0.5, 0.6) is 0 Å². The first kappa shape index (κ1) is 6.06. The third-order valence-corrected chi connectivity index (χ3v) is 1.88. The SMILES string of the molecule is CC[C@@H]1B=CCCC1. The van der Waals surface area contributed by atoms with Gasteiger partial charge in [-0.3, -0.25) is 0 Å². The van der Waals surface area contributed by atoms with E-state index in [-0.39, 0.29) is 0 Å². The van der Waals surface area contributed by atoms with E-state index < -0.39 is 0 Å². The molecule has 1 rings (SSSR count). The van der Waals surface area contributed by atoms with Gasteiger partial charge in [0.1, 0.15) is 0 Å². The summed E-state index contributed by atoms with van der Waals surface area (Å²) in [4.78, 5) is 0. The Morgan fingerprint density at radius 2 is 2.62 bits per heavy atom. The first-order chi connectivity index (χ1) is 3.93. The van der Waals surface area contributed by atoms with E-state index in [9.17, 15) is 0 Å². The number of hydrogen-bond acceptors (Lipinski definition) is 0. The predicted octanol–water partition coefficient (Wildman–Crippen LogP) is 1.88. The molecule has 1 atom stereocenters. The summed E-state index contributed by atoms with van der Waals surface area (Å²) in [7, 11) is 0. The minimum atomic E-state index is 0.906. The zero-order valence-electron chi connectivity index (χ0n) is 5.56. The van der Waals surface area contributed by atoms with Crippen molar-refractivity contribution in [1.82, 2.24) is 0 Å². The Morgan fingerprint density at radius 3 is 3.00 bits per heavy atom. The average Bonchev–Trinajstić information content (AvgIpc) is 1.90. The fourth-order valence-electron chi connectivity index (χ4n) is 1.22. The molecule has 1 aliphatic heterocycles. The molecule has 0 unspecified atom stereocenters. The van der Waals surface area contributed by atoms with E-state index in [1.807, 2.05) is 0 Å². The van der Waals surface area contributed by atoms with E-state index in [4.69, 9.17) is 0 Å². The second-order valence-electron chi connectivity index (χ2n) is 2.53. The van der Waals surface area contributed by atoms with Crippen LogP contribution in [-0.4, -0.2) is 12.9 Å². The molecule has 0 saturated heterocycles. The van der Waals surface area contributed by atoms with E-state index in [1.165, 1.54) is 25.7 Å². The van der Waals surface area contributed by atoms with Crippen molar-refractivity contribution in [2.45, 2.75) is 38.4 Å². The monoisotopic (exact) mass is 108 g/mol. The van der Waals surface area contributed by atoms with Crippen LogP contribution in [0.15, 0.2) is 0 Å². The van der Waals surface area contributed by atoms with Crippen molar-refractivity contribution in [3.63, 3.8) is 0 Å². The standard InChI is InChI=1S/C7H13B/c1-2-7-5-3-4-6-8-7/h6-7H,2-5H2,1H3/t7-/m0/s1. The molecule has 0 saturated carbocycles. The van der Waals surface area contributed by atoms with Crippen LogP contribution in [0.4, 0.5) is 0 Å². The van der Waals surface area contributed by atoms with Crippen LogP contribution in [-0.2, 0) is 0 Å². The molecule has 0 aliphatic carbocycles. The summed E-state index contributed by atoms with van der Waals surface area (Å²) >= 11 is 0. The van der Waals surface area contributed by atoms with Gasteiger partial charge in [-0.25, -0.2) is 0 Å². The van der Waals surface area contributed by atoms with Crippen molar-refractivity contribution in [2.24, 2.45) is 0 Å². The van der Waals surface area contributed by atoms with Crippen molar-refractivity contribution in [1.29, 1.82) is 0 Å². The summed E-state index contributed by atoms with van der Waals surface area (Å²) in [5.41, 5.74) is 0. The van der Waals surface area contributed by atoms with Gasteiger partial charge in [-0.05, 0) is 0 Å². The first-order valence-corrected chi connectivity index (χ1v) is 3.60. The van der Waals surface area contributed by atoms with Crippen molar-refractivity contribution < 1.29 is 0 Å². The quantitative estimate of drug-likeness (QED) is 0.450. The Bertz CT molecular complexity index is 86.4. The first-order valence-electron chi connectivity index (χ1n) is 3.60. The fourth-order valence-corrected chi connectivity index (χ4v) is 1.22. The molecule has 0 nitrogen and oxygen atoms in total. The van der Waals surface area contributed by atoms with Crippen LogP contribution in [0.1, 0.15) is 32.6 Å². The summed E-state index contributed by atoms with van der Waals surface area (Å²) in [6.07, 6.45) is 5.48. The summed E-state index contributed by atoms with van der Waals surface area (Å²) < 4.78 is 0. The third-order valence-electron chi connectivity index (χ3n) is 1.88. The van der Waals surface area contributed by atoms with Crippen molar-refractivity contribution >= 4 is 12.9 Å². The molecule has 0 aromatic carbocycles. The van der Waals surface area contributed by atoms with Gasteiger partial charge in [-0.2, -0.15) is 0 Å². The molecular formula is C7H13B. The van der Waals surface area contributed by atoms with Gasteiger partial charge in [0.15, 0.2) is 0 Å². The Balaban J connectivity index is 2.32. The molecule has 0 radical (unpaired) electrons. The topological polar surface area (TPSA) is 0 Å². The van der Waals surface area contributed by atoms with Crippen molar-refractivity contribution in [3.05, 3.63) is 0 Å². The normalized spacial score (nSPS) is 27.4. The van der Waals surface area contributed by atoms with Crippen LogP contribution in [0.25, 0.3) is 0 Å².